The van der Waals surface area contributed by atoms with Gasteiger partial charge in [-0.25, -0.2) is 4.79 Å². The number of nitrogens with zero attached hydrogens (tertiary/aromatic N) is 2. The molecule has 18 heavy (non-hydrogen) atoms. The molecule has 104 valence electrons. The van der Waals surface area contributed by atoms with Crippen molar-refractivity contribution in [3.05, 3.63) is 0 Å². The van der Waals surface area contributed by atoms with Crippen LogP contribution in [-0.4, -0.2) is 66.2 Å². The van der Waals surface area contributed by atoms with Crippen LogP contribution in [-0.2, 0) is 4.79 Å². The number of likely N-dealkylation sites (tertiary alicyclic amines) is 1. The Balaban J connectivity index is 2.51. The first-order valence-electron chi connectivity index (χ1n) is 6.27. The summed E-state index contributed by atoms with van der Waals surface area (Å²) in [5.74, 6) is -1.26. The lowest BCUT2D eigenvalue weighted by Crippen LogP contribution is -2.49. The number of urea groups is 1. The normalized spacial score (nSPS) is 25.3. The molecule has 0 aromatic rings. The largest absolute Gasteiger partial charge is 0.481 e. The number of carbonyl (C=O) groups excluding carboxylic acids is 1. The molecule has 0 aliphatic carbocycles. The average Bonchev–Trinajstić information content (AvgIpc) is 2.58. The highest BCUT2D eigenvalue weighted by molar-refractivity contribution is 5.78. The fourth-order valence-corrected chi connectivity index (χ4v) is 2.44. The Hall–Kier alpha value is -1.30. The van der Waals surface area contributed by atoms with Crippen molar-refractivity contribution < 1.29 is 14.7 Å². The van der Waals surface area contributed by atoms with Crippen LogP contribution in [0.4, 0.5) is 4.79 Å². The molecule has 6 nitrogen and oxygen atoms in total. The molecule has 1 heterocycles. The zero-order chi connectivity index (χ0) is 13.9. The number of carbonyl (C=O) groups is 2. The summed E-state index contributed by atoms with van der Waals surface area (Å²) in [4.78, 5) is 26.6. The zero-order valence-electron chi connectivity index (χ0n) is 11.5. The smallest absolute Gasteiger partial charge is 0.317 e. The highest BCUT2D eigenvalue weighted by Crippen LogP contribution is 2.24. The molecule has 1 saturated heterocycles. The number of carboxylic acid groups (broad SMARTS) is 1. The van der Waals surface area contributed by atoms with Gasteiger partial charge in [0.05, 0.1) is 5.92 Å². The maximum atomic E-state index is 12.0. The van der Waals surface area contributed by atoms with Gasteiger partial charge in [-0.3, -0.25) is 4.79 Å². The summed E-state index contributed by atoms with van der Waals surface area (Å²) in [5.41, 5.74) is 0. The molecule has 2 N–H and O–H groups in total. The summed E-state index contributed by atoms with van der Waals surface area (Å²) in [6.45, 7) is 5.00. The molecule has 0 saturated carbocycles. The van der Waals surface area contributed by atoms with Crippen molar-refractivity contribution >= 4 is 12.0 Å². The summed E-state index contributed by atoms with van der Waals surface area (Å²) in [7, 11) is 3.89. The van der Waals surface area contributed by atoms with Crippen molar-refractivity contribution in [3.8, 4) is 0 Å². The lowest BCUT2D eigenvalue weighted by Gasteiger charge is -2.26. The topological polar surface area (TPSA) is 72.9 Å². The van der Waals surface area contributed by atoms with Crippen LogP contribution >= 0.6 is 0 Å². The van der Waals surface area contributed by atoms with E-state index in [0.717, 1.165) is 6.54 Å². The van der Waals surface area contributed by atoms with Crippen LogP contribution in [0.1, 0.15) is 20.3 Å². The Labute approximate surface area is 108 Å². The minimum Gasteiger partial charge on any atom is -0.481 e. The molecule has 1 aliphatic rings. The SMILES string of the molecule is CC(CN(C)C)NC(=O)N1CCC(C(=O)O)C1C. The quantitative estimate of drug-likeness (QED) is 0.766. The summed E-state index contributed by atoms with van der Waals surface area (Å²) in [5, 5.41) is 11.9. The number of hydrogen-bond donors (Lipinski definition) is 2. The lowest BCUT2D eigenvalue weighted by atomic mass is 10.0. The number of carboxylic acids is 1. The third-order valence-electron chi connectivity index (χ3n) is 3.34. The third kappa shape index (κ3) is 3.60. The summed E-state index contributed by atoms with van der Waals surface area (Å²) < 4.78 is 0. The van der Waals surface area contributed by atoms with Gasteiger partial charge in [-0.15, -0.1) is 0 Å². The molecule has 2 amide bonds. The molecule has 0 radical (unpaired) electrons. The molecule has 3 atom stereocenters. The number of nitrogens with one attached hydrogen (secondary N) is 1. The molecule has 1 aliphatic heterocycles. The molecule has 0 bridgehead atoms. The van der Waals surface area contributed by atoms with Crippen molar-refractivity contribution in [2.75, 3.05) is 27.2 Å². The van der Waals surface area contributed by atoms with E-state index in [1.54, 1.807) is 11.8 Å². The summed E-state index contributed by atoms with van der Waals surface area (Å²) in [6, 6.07) is -0.363. The molecular weight excluding hydrogens is 234 g/mol. The summed E-state index contributed by atoms with van der Waals surface area (Å²) >= 11 is 0. The fourth-order valence-electron chi connectivity index (χ4n) is 2.44. The van der Waals surface area contributed by atoms with Gasteiger partial charge >= 0.3 is 12.0 Å². The fraction of sp³-hybridized carbons (Fsp3) is 0.833. The van der Waals surface area contributed by atoms with E-state index >= 15 is 0 Å². The van der Waals surface area contributed by atoms with Gasteiger partial charge in [0.15, 0.2) is 0 Å². The van der Waals surface area contributed by atoms with Gasteiger partial charge in [-0.1, -0.05) is 0 Å². The van der Waals surface area contributed by atoms with Crippen LogP contribution in [0.5, 0.6) is 0 Å². The average molecular weight is 257 g/mol. The standard InChI is InChI=1S/C12H23N3O3/c1-8(7-14(3)4)13-12(18)15-6-5-10(9(15)2)11(16)17/h8-10H,5-7H2,1-4H3,(H,13,18)(H,16,17). The van der Waals surface area contributed by atoms with E-state index in [4.69, 9.17) is 5.11 Å². The van der Waals surface area contributed by atoms with Crippen LogP contribution in [0.15, 0.2) is 0 Å². The highest BCUT2D eigenvalue weighted by Gasteiger charge is 2.38. The monoisotopic (exact) mass is 257 g/mol. The van der Waals surface area contributed by atoms with E-state index in [9.17, 15) is 9.59 Å². The van der Waals surface area contributed by atoms with Gasteiger partial charge in [-0.2, -0.15) is 0 Å². The van der Waals surface area contributed by atoms with Gasteiger partial charge in [0.2, 0.25) is 0 Å². The van der Waals surface area contributed by atoms with Crippen LogP contribution in [0.3, 0.4) is 0 Å². The van der Waals surface area contributed by atoms with Crippen molar-refractivity contribution in [2.45, 2.75) is 32.4 Å². The maximum absolute atomic E-state index is 12.0. The molecular formula is C12H23N3O3. The molecule has 0 aromatic carbocycles. The van der Waals surface area contributed by atoms with Gasteiger partial charge in [-0.05, 0) is 34.4 Å². The molecule has 0 aromatic heterocycles. The first kappa shape index (κ1) is 14.8. The van der Waals surface area contributed by atoms with Crippen molar-refractivity contribution in [2.24, 2.45) is 5.92 Å². The Morgan fingerprint density at radius 3 is 2.56 bits per heavy atom. The first-order valence-corrected chi connectivity index (χ1v) is 6.27. The molecule has 1 fully saturated rings. The van der Waals surface area contributed by atoms with Gasteiger partial charge < -0.3 is 20.2 Å². The molecule has 0 spiro atoms. The Morgan fingerprint density at radius 2 is 2.11 bits per heavy atom. The predicted octanol–water partition coefficient (Wildman–Crippen LogP) is 0.441. The molecule has 6 heteroatoms. The van der Waals surface area contributed by atoms with E-state index in [-0.39, 0.29) is 18.1 Å². The van der Waals surface area contributed by atoms with E-state index in [2.05, 4.69) is 5.32 Å². The van der Waals surface area contributed by atoms with Crippen molar-refractivity contribution in [1.82, 2.24) is 15.1 Å². The van der Waals surface area contributed by atoms with Crippen molar-refractivity contribution in [1.29, 1.82) is 0 Å². The number of hydrogen-bond acceptors (Lipinski definition) is 3. The highest BCUT2D eigenvalue weighted by atomic mass is 16.4. The number of likely N-dealkylation sites (N-methyl/N-ethyl adjacent to an activating group) is 1. The van der Waals surface area contributed by atoms with Crippen LogP contribution in [0.2, 0.25) is 0 Å². The van der Waals surface area contributed by atoms with Crippen LogP contribution in [0.25, 0.3) is 0 Å². The van der Waals surface area contributed by atoms with Gasteiger partial charge in [0.25, 0.3) is 0 Å². The third-order valence-corrected chi connectivity index (χ3v) is 3.34. The number of aliphatic carboxylic acids is 1. The Kier molecular flexibility index (Phi) is 4.95. The number of amides is 2. The number of rotatable bonds is 4. The molecule has 1 rings (SSSR count). The minimum absolute atomic E-state index is 0.0450. The first-order chi connectivity index (χ1) is 8.32. The second-order valence-electron chi connectivity index (χ2n) is 5.28. The predicted molar refractivity (Wildman–Crippen MR) is 68.5 cm³/mol. The minimum atomic E-state index is -0.820. The second kappa shape index (κ2) is 6.04. The second-order valence-corrected chi connectivity index (χ2v) is 5.28. The Bertz CT molecular complexity index is 320. The van der Waals surface area contributed by atoms with Gasteiger partial charge in [0, 0.05) is 25.2 Å². The van der Waals surface area contributed by atoms with Crippen molar-refractivity contribution in [3.63, 3.8) is 0 Å². The van der Waals surface area contributed by atoms with E-state index < -0.39 is 11.9 Å². The summed E-state index contributed by atoms with van der Waals surface area (Å²) in [6.07, 6.45) is 0.534. The van der Waals surface area contributed by atoms with E-state index in [1.165, 1.54) is 0 Å². The lowest BCUT2D eigenvalue weighted by molar-refractivity contribution is -0.142. The van der Waals surface area contributed by atoms with E-state index in [1.807, 2.05) is 25.9 Å². The maximum Gasteiger partial charge on any atom is 0.317 e. The van der Waals surface area contributed by atoms with Crippen LogP contribution < -0.4 is 5.32 Å². The zero-order valence-corrected chi connectivity index (χ0v) is 11.5. The van der Waals surface area contributed by atoms with Crippen LogP contribution in [0, 0.1) is 5.92 Å². The Morgan fingerprint density at radius 1 is 1.50 bits per heavy atom. The van der Waals surface area contributed by atoms with Gasteiger partial charge in [0.1, 0.15) is 0 Å². The van der Waals surface area contributed by atoms with E-state index in [0.29, 0.717) is 13.0 Å². The molecule has 3 unspecified atom stereocenters.